The maximum atomic E-state index is 11.7. The van der Waals surface area contributed by atoms with Gasteiger partial charge in [-0.1, -0.05) is 0 Å². The van der Waals surface area contributed by atoms with Crippen LogP contribution in [0.3, 0.4) is 0 Å². The summed E-state index contributed by atoms with van der Waals surface area (Å²) in [4.78, 5) is 15.7. The first-order valence-electron chi connectivity index (χ1n) is 7.44. The number of hydrogen-bond donors (Lipinski definition) is 1. The summed E-state index contributed by atoms with van der Waals surface area (Å²) in [6.45, 7) is 0.786. The predicted octanol–water partition coefficient (Wildman–Crippen LogP) is 1.21. The summed E-state index contributed by atoms with van der Waals surface area (Å²) < 4.78 is 25.4. The number of hydrogen-bond acceptors (Lipinski definition) is 4. The highest BCUT2D eigenvalue weighted by Gasteiger charge is 2.31. The Kier molecular flexibility index (Phi) is 3.77. The van der Waals surface area contributed by atoms with E-state index < -0.39 is 21.7 Å². The highest BCUT2D eigenvalue weighted by atomic mass is 32.2. The number of carbonyl (C=O) groups is 1. The molecule has 0 saturated carbocycles. The van der Waals surface area contributed by atoms with Gasteiger partial charge in [-0.15, -0.1) is 0 Å². The van der Waals surface area contributed by atoms with Crippen LogP contribution in [-0.4, -0.2) is 40.6 Å². The number of nitrogens with zero attached hydrogens (tertiary/aromatic N) is 2. The minimum absolute atomic E-state index is 0.112. The number of rotatable bonds is 3. The Bertz CT molecular complexity index is 650. The van der Waals surface area contributed by atoms with Crippen molar-refractivity contribution in [1.29, 1.82) is 0 Å². The zero-order valence-electron chi connectivity index (χ0n) is 11.9. The van der Waals surface area contributed by atoms with E-state index >= 15 is 0 Å². The average molecular weight is 312 g/mol. The number of imidazole rings is 1. The Morgan fingerprint density at radius 2 is 2.19 bits per heavy atom. The number of carboxylic acid groups (broad SMARTS) is 1. The molecule has 1 saturated heterocycles. The molecule has 6 nitrogen and oxygen atoms in total. The highest BCUT2D eigenvalue weighted by molar-refractivity contribution is 7.91. The fourth-order valence-corrected chi connectivity index (χ4v) is 5.29. The Labute approximate surface area is 124 Å². The van der Waals surface area contributed by atoms with E-state index in [0.717, 1.165) is 37.3 Å². The normalized spacial score (nSPS) is 28.0. The molecule has 116 valence electrons. The van der Waals surface area contributed by atoms with Crippen LogP contribution in [0.5, 0.6) is 0 Å². The lowest BCUT2D eigenvalue weighted by molar-refractivity contribution is -0.139. The summed E-state index contributed by atoms with van der Waals surface area (Å²) in [5.41, 5.74) is 0.766. The molecule has 2 aliphatic rings. The van der Waals surface area contributed by atoms with Gasteiger partial charge in [-0.05, 0) is 31.6 Å². The van der Waals surface area contributed by atoms with Gasteiger partial charge in [-0.3, -0.25) is 4.79 Å². The smallest absolute Gasteiger partial charge is 0.312 e. The van der Waals surface area contributed by atoms with Gasteiger partial charge in [0.1, 0.15) is 5.82 Å². The van der Waals surface area contributed by atoms with Crippen LogP contribution in [0.2, 0.25) is 0 Å². The summed E-state index contributed by atoms with van der Waals surface area (Å²) in [5.74, 6) is 0.207. The monoisotopic (exact) mass is 312 g/mol. The lowest BCUT2D eigenvalue weighted by Gasteiger charge is -2.25. The fraction of sp³-hybridized carbons (Fsp3) is 0.714. The van der Waals surface area contributed by atoms with Crippen molar-refractivity contribution in [1.82, 2.24) is 9.55 Å². The minimum Gasteiger partial charge on any atom is -0.481 e. The second-order valence-electron chi connectivity index (χ2n) is 6.11. The van der Waals surface area contributed by atoms with Crippen LogP contribution in [0, 0.1) is 5.92 Å². The van der Waals surface area contributed by atoms with Gasteiger partial charge >= 0.3 is 5.97 Å². The lowest BCUT2D eigenvalue weighted by atomic mass is 9.96. The summed E-state index contributed by atoms with van der Waals surface area (Å²) in [7, 11) is -2.91. The van der Waals surface area contributed by atoms with Gasteiger partial charge in [0.05, 0.1) is 23.1 Å². The van der Waals surface area contributed by atoms with Crippen molar-refractivity contribution in [2.45, 2.75) is 44.6 Å². The number of carboxylic acids is 1. The molecular formula is C14H20N2O4S. The van der Waals surface area contributed by atoms with Gasteiger partial charge in [0, 0.05) is 19.2 Å². The van der Waals surface area contributed by atoms with Gasteiger partial charge in [-0.2, -0.15) is 0 Å². The van der Waals surface area contributed by atoms with Crippen molar-refractivity contribution in [3.8, 4) is 0 Å². The molecule has 3 heterocycles. The van der Waals surface area contributed by atoms with Gasteiger partial charge in [0.2, 0.25) is 0 Å². The average Bonchev–Trinajstić information content (AvgIpc) is 2.80. The molecule has 0 spiro atoms. The van der Waals surface area contributed by atoms with Crippen LogP contribution in [0.15, 0.2) is 6.20 Å². The minimum atomic E-state index is -2.91. The van der Waals surface area contributed by atoms with Crippen molar-refractivity contribution in [2.75, 3.05) is 11.5 Å². The lowest BCUT2D eigenvalue weighted by Crippen LogP contribution is -2.28. The molecule has 1 fully saturated rings. The van der Waals surface area contributed by atoms with Crippen molar-refractivity contribution in [3.05, 3.63) is 17.7 Å². The molecule has 3 rings (SSSR count). The van der Waals surface area contributed by atoms with Gasteiger partial charge < -0.3 is 9.67 Å². The molecule has 7 heteroatoms. The maximum absolute atomic E-state index is 11.7. The van der Waals surface area contributed by atoms with Crippen LogP contribution >= 0.6 is 0 Å². The summed E-state index contributed by atoms with van der Waals surface area (Å²) in [5, 5.41) is 9.26. The Morgan fingerprint density at radius 1 is 1.38 bits per heavy atom. The van der Waals surface area contributed by atoms with E-state index in [1.165, 1.54) is 0 Å². The quantitative estimate of drug-likeness (QED) is 0.906. The van der Waals surface area contributed by atoms with E-state index in [1.807, 2.05) is 4.57 Å². The Hall–Kier alpha value is -1.37. The topological polar surface area (TPSA) is 89.3 Å². The third-order valence-electron chi connectivity index (χ3n) is 4.53. The van der Waals surface area contributed by atoms with Crippen LogP contribution in [-0.2, 0) is 27.6 Å². The molecule has 0 radical (unpaired) electrons. The molecule has 1 aromatic heterocycles. The third-order valence-corrected chi connectivity index (χ3v) is 6.42. The van der Waals surface area contributed by atoms with Crippen molar-refractivity contribution in [3.63, 3.8) is 0 Å². The Balaban J connectivity index is 1.80. The van der Waals surface area contributed by atoms with Crippen LogP contribution in [0.1, 0.15) is 43.1 Å². The third kappa shape index (κ3) is 2.97. The van der Waals surface area contributed by atoms with Crippen molar-refractivity contribution >= 4 is 15.8 Å². The van der Waals surface area contributed by atoms with Gasteiger partial charge in [-0.25, -0.2) is 13.4 Å². The van der Waals surface area contributed by atoms with Crippen LogP contribution in [0.25, 0.3) is 0 Å². The summed E-state index contributed by atoms with van der Waals surface area (Å²) >= 11 is 0. The fourth-order valence-electron chi connectivity index (χ4n) is 3.52. The zero-order valence-corrected chi connectivity index (χ0v) is 12.7. The molecule has 2 aliphatic heterocycles. The molecule has 1 aromatic rings. The summed E-state index contributed by atoms with van der Waals surface area (Å²) in [6.07, 6.45) is 5.40. The van der Waals surface area contributed by atoms with Gasteiger partial charge in [0.25, 0.3) is 0 Å². The second-order valence-corrected chi connectivity index (χ2v) is 8.34. The van der Waals surface area contributed by atoms with Crippen LogP contribution in [0.4, 0.5) is 0 Å². The van der Waals surface area contributed by atoms with Gasteiger partial charge in [0.15, 0.2) is 9.84 Å². The number of sulfone groups is 1. The van der Waals surface area contributed by atoms with E-state index in [2.05, 4.69) is 4.98 Å². The molecule has 21 heavy (non-hydrogen) atoms. The standard InChI is InChI=1S/C14H20N2O4S/c17-14(18)11-4-1-5-16-12(11)8-15-13(16)7-10-3-2-6-21(19,20)9-10/h8,10-11H,1-7,9H2,(H,17,18). The van der Waals surface area contributed by atoms with Crippen molar-refractivity contribution < 1.29 is 18.3 Å². The molecule has 0 amide bonds. The first kappa shape index (κ1) is 14.6. The number of fused-ring (bicyclic) bond motifs is 1. The molecule has 2 unspecified atom stereocenters. The highest BCUT2D eigenvalue weighted by Crippen LogP contribution is 2.30. The summed E-state index contributed by atoms with van der Waals surface area (Å²) in [6, 6.07) is 0. The first-order chi connectivity index (χ1) is 9.96. The SMILES string of the molecule is O=C(O)C1CCCn2c1cnc2CC1CCCS(=O)(=O)C1. The first-order valence-corrected chi connectivity index (χ1v) is 9.26. The second kappa shape index (κ2) is 5.44. The van der Waals surface area contributed by atoms with Crippen LogP contribution < -0.4 is 0 Å². The molecule has 2 atom stereocenters. The van der Waals surface area contributed by atoms with E-state index in [0.29, 0.717) is 18.6 Å². The Morgan fingerprint density at radius 3 is 2.90 bits per heavy atom. The molecule has 1 N–H and O–H groups in total. The zero-order chi connectivity index (χ0) is 15.0. The maximum Gasteiger partial charge on any atom is 0.312 e. The largest absolute Gasteiger partial charge is 0.481 e. The number of aromatic nitrogens is 2. The number of aliphatic carboxylic acids is 1. The van der Waals surface area contributed by atoms with E-state index in [9.17, 15) is 18.3 Å². The van der Waals surface area contributed by atoms with E-state index in [-0.39, 0.29) is 11.7 Å². The van der Waals surface area contributed by atoms with Crippen molar-refractivity contribution in [2.24, 2.45) is 5.92 Å². The molecule has 0 aromatic carbocycles. The van der Waals surface area contributed by atoms with E-state index in [1.54, 1.807) is 6.20 Å². The predicted molar refractivity (Wildman–Crippen MR) is 76.9 cm³/mol. The van der Waals surface area contributed by atoms with E-state index in [4.69, 9.17) is 0 Å². The molecular weight excluding hydrogens is 292 g/mol. The molecule has 0 bridgehead atoms. The molecule has 0 aliphatic carbocycles.